The van der Waals surface area contributed by atoms with Crippen LogP contribution in [0.5, 0.6) is 0 Å². The van der Waals surface area contributed by atoms with Crippen LogP contribution in [0.25, 0.3) is 0 Å². The van der Waals surface area contributed by atoms with Crippen LogP contribution in [0.15, 0.2) is 60.9 Å². The molecule has 0 aliphatic carbocycles. The molecule has 1 aromatic heterocycles. The lowest BCUT2D eigenvalue weighted by atomic mass is 10.1. The van der Waals surface area contributed by atoms with Gasteiger partial charge in [-0.15, -0.1) is 0 Å². The number of nitrogens with zero attached hydrogens (tertiary/aromatic N) is 3. The van der Waals surface area contributed by atoms with Gasteiger partial charge in [0.15, 0.2) is 0 Å². The topological polar surface area (TPSA) is 38.1 Å². The zero-order valence-electron chi connectivity index (χ0n) is 15.0. The van der Waals surface area contributed by atoms with Crippen LogP contribution in [0, 0.1) is 12.7 Å². The van der Waals surface area contributed by atoms with E-state index in [1.165, 1.54) is 35.4 Å². The molecule has 0 fully saturated rings. The van der Waals surface area contributed by atoms with Crippen molar-refractivity contribution in [3.63, 3.8) is 0 Å². The molecular formula is C21H22FN3O. The van der Waals surface area contributed by atoms with Crippen molar-refractivity contribution in [3.05, 3.63) is 89.3 Å². The summed E-state index contributed by atoms with van der Waals surface area (Å²) < 4.78 is 15.1. The smallest absolute Gasteiger partial charge is 0.254 e. The molecule has 5 heteroatoms. The number of hydrogen-bond donors (Lipinski definition) is 0. The Bertz CT molecular complexity index is 886. The molecule has 0 unspecified atom stereocenters. The van der Waals surface area contributed by atoms with Crippen LogP contribution in [0.4, 0.5) is 4.39 Å². The largest absolute Gasteiger partial charge is 0.331 e. The second-order valence-electron chi connectivity index (χ2n) is 6.29. The van der Waals surface area contributed by atoms with E-state index in [0.717, 1.165) is 5.82 Å². The summed E-state index contributed by atoms with van der Waals surface area (Å²) in [5.74, 6) is 0.347. The minimum atomic E-state index is -0.349. The van der Waals surface area contributed by atoms with Crippen molar-refractivity contribution in [2.75, 3.05) is 6.54 Å². The van der Waals surface area contributed by atoms with Crippen LogP contribution in [0.3, 0.4) is 0 Å². The second kappa shape index (κ2) is 7.95. The molecule has 26 heavy (non-hydrogen) atoms. The van der Waals surface area contributed by atoms with Crippen molar-refractivity contribution in [1.82, 2.24) is 14.5 Å². The summed E-state index contributed by atoms with van der Waals surface area (Å²) in [6.45, 7) is 5.66. The highest BCUT2D eigenvalue weighted by Crippen LogP contribution is 2.13. The fourth-order valence-electron chi connectivity index (χ4n) is 2.92. The Morgan fingerprint density at radius 2 is 1.96 bits per heavy atom. The SMILES string of the molecule is CCN(Cc1nccn1Cc1cccc(C)c1)C(=O)c1ccc(F)cc1. The number of carbonyl (C=O) groups excluding carboxylic acids is 1. The van der Waals surface area contributed by atoms with Gasteiger partial charge in [0.1, 0.15) is 11.6 Å². The molecule has 134 valence electrons. The van der Waals surface area contributed by atoms with Crippen molar-refractivity contribution in [2.45, 2.75) is 26.9 Å². The van der Waals surface area contributed by atoms with E-state index in [2.05, 4.69) is 34.7 Å². The fraction of sp³-hybridized carbons (Fsp3) is 0.238. The van der Waals surface area contributed by atoms with Crippen LogP contribution in [0.1, 0.15) is 34.2 Å². The summed E-state index contributed by atoms with van der Waals surface area (Å²) in [5, 5.41) is 0. The van der Waals surface area contributed by atoms with Gasteiger partial charge >= 0.3 is 0 Å². The number of aromatic nitrogens is 2. The first-order chi connectivity index (χ1) is 12.6. The monoisotopic (exact) mass is 351 g/mol. The lowest BCUT2D eigenvalue weighted by Crippen LogP contribution is -2.31. The molecule has 0 saturated heterocycles. The summed E-state index contributed by atoms with van der Waals surface area (Å²) in [6, 6.07) is 14.0. The van der Waals surface area contributed by atoms with Gasteiger partial charge in [0.2, 0.25) is 0 Å². The number of aryl methyl sites for hydroxylation is 1. The summed E-state index contributed by atoms with van der Waals surface area (Å²) >= 11 is 0. The molecule has 2 aromatic carbocycles. The molecule has 1 heterocycles. The van der Waals surface area contributed by atoms with Gasteiger partial charge in [-0.3, -0.25) is 4.79 Å². The molecule has 1 amide bonds. The van der Waals surface area contributed by atoms with Crippen molar-refractivity contribution in [2.24, 2.45) is 0 Å². The summed E-state index contributed by atoms with van der Waals surface area (Å²) in [5.41, 5.74) is 2.88. The van der Waals surface area contributed by atoms with E-state index in [1.807, 2.05) is 19.2 Å². The van der Waals surface area contributed by atoms with E-state index in [9.17, 15) is 9.18 Å². The highest BCUT2D eigenvalue weighted by Gasteiger charge is 2.17. The van der Waals surface area contributed by atoms with Crippen molar-refractivity contribution in [3.8, 4) is 0 Å². The van der Waals surface area contributed by atoms with Gasteiger partial charge in [-0.1, -0.05) is 29.8 Å². The molecule has 0 atom stereocenters. The Hall–Kier alpha value is -2.95. The first-order valence-electron chi connectivity index (χ1n) is 8.67. The maximum Gasteiger partial charge on any atom is 0.254 e. The average molecular weight is 351 g/mol. The van der Waals surface area contributed by atoms with Gasteiger partial charge in [-0.05, 0) is 43.7 Å². The molecule has 0 saturated carbocycles. The number of benzene rings is 2. The number of rotatable bonds is 6. The third kappa shape index (κ3) is 4.17. The third-order valence-electron chi connectivity index (χ3n) is 4.33. The normalized spacial score (nSPS) is 10.7. The number of amides is 1. The van der Waals surface area contributed by atoms with E-state index in [4.69, 9.17) is 0 Å². The fourth-order valence-corrected chi connectivity index (χ4v) is 2.92. The number of halogens is 1. The van der Waals surface area contributed by atoms with Crippen LogP contribution in [-0.2, 0) is 13.1 Å². The van der Waals surface area contributed by atoms with E-state index in [1.54, 1.807) is 11.1 Å². The Morgan fingerprint density at radius 3 is 2.65 bits per heavy atom. The molecule has 3 rings (SSSR count). The highest BCUT2D eigenvalue weighted by molar-refractivity contribution is 5.94. The van der Waals surface area contributed by atoms with Gasteiger partial charge in [0.25, 0.3) is 5.91 Å². The van der Waals surface area contributed by atoms with Crippen molar-refractivity contribution in [1.29, 1.82) is 0 Å². The molecule has 3 aromatic rings. The maximum absolute atomic E-state index is 13.1. The van der Waals surface area contributed by atoms with Crippen LogP contribution in [0.2, 0.25) is 0 Å². The zero-order chi connectivity index (χ0) is 18.5. The summed E-state index contributed by atoms with van der Waals surface area (Å²) in [7, 11) is 0. The van der Waals surface area contributed by atoms with E-state index in [-0.39, 0.29) is 11.7 Å². The van der Waals surface area contributed by atoms with Gasteiger partial charge in [-0.2, -0.15) is 0 Å². The lowest BCUT2D eigenvalue weighted by Gasteiger charge is -2.21. The average Bonchev–Trinajstić information content (AvgIpc) is 3.06. The highest BCUT2D eigenvalue weighted by atomic mass is 19.1. The summed E-state index contributed by atoms with van der Waals surface area (Å²) in [4.78, 5) is 18.8. The van der Waals surface area contributed by atoms with E-state index in [0.29, 0.717) is 25.2 Å². The van der Waals surface area contributed by atoms with Crippen molar-refractivity contribution >= 4 is 5.91 Å². The molecule has 0 radical (unpaired) electrons. The minimum absolute atomic E-state index is 0.127. The number of carbonyl (C=O) groups is 1. The van der Waals surface area contributed by atoms with Gasteiger partial charge < -0.3 is 9.47 Å². The van der Waals surface area contributed by atoms with Crippen molar-refractivity contribution < 1.29 is 9.18 Å². The third-order valence-corrected chi connectivity index (χ3v) is 4.33. The second-order valence-corrected chi connectivity index (χ2v) is 6.29. The standard InChI is InChI=1S/C21H22FN3O/c1-3-24(21(26)18-7-9-19(22)10-8-18)15-20-23-11-12-25(20)14-17-6-4-5-16(2)13-17/h4-13H,3,14-15H2,1-2H3. The Labute approximate surface area is 152 Å². The van der Waals surface area contributed by atoms with Crippen LogP contribution >= 0.6 is 0 Å². The molecule has 0 aliphatic heterocycles. The first-order valence-corrected chi connectivity index (χ1v) is 8.67. The van der Waals surface area contributed by atoms with E-state index >= 15 is 0 Å². The molecular weight excluding hydrogens is 329 g/mol. The molecule has 0 bridgehead atoms. The number of hydrogen-bond acceptors (Lipinski definition) is 2. The van der Waals surface area contributed by atoms with Gasteiger partial charge in [-0.25, -0.2) is 9.37 Å². The van der Waals surface area contributed by atoms with Gasteiger partial charge in [0.05, 0.1) is 6.54 Å². The van der Waals surface area contributed by atoms with Crippen LogP contribution in [-0.4, -0.2) is 26.9 Å². The lowest BCUT2D eigenvalue weighted by molar-refractivity contribution is 0.0747. The molecule has 0 spiro atoms. The zero-order valence-corrected chi connectivity index (χ0v) is 15.0. The minimum Gasteiger partial charge on any atom is -0.331 e. The van der Waals surface area contributed by atoms with Crippen LogP contribution < -0.4 is 0 Å². The number of imidazole rings is 1. The predicted molar refractivity (Wildman–Crippen MR) is 99.3 cm³/mol. The molecule has 0 N–H and O–H groups in total. The van der Waals surface area contributed by atoms with Gasteiger partial charge in [0, 0.05) is 31.0 Å². The molecule has 0 aliphatic rings. The summed E-state index contributed by atoms with van der Waals surface area (Å²) in [6.07, 6.45) is 3.68. The Kier molecular flexibility index (Phi) is 5.46. The molecule has 4 nitrogen and oxygen atoms in total. The maximum atomic E-state index is 13.1. The quantitative estimate of drug-likeness (QED) is 0.672. The predicted octanol–water partition coefficient (Wildman–Crippen LogP) is 4.04. The Balaban J connectivity index is 1.76. The van der Waals surface area contributed by atoms with E-state index < -0.39 is 0 Å². The first kappa shape index (κ1) is 17.9. The Morgan fingerprint density at radius 1 is 1.19 bits per heavy atom.